The molecule has 0 fully saturated rings. The molecule has 0 saturated carbocycles. The van der Waals surface area contributed by atoms with E-state index < -0.39 is 35.8 Å². The van der Waals surface area contributed by atoms with E-state index in [1.807, 2.05) is 0 Å². The van der Waals surface area contributed by atoms with Gasteiger partial charge < -0.3 is 25.6 Å². The Labute approximate surface area is 204 Å². The van der Waals surface area contributed by atoms with Crippen LogP contribution < -0.4 is 20.9 Å². The molecule has 3 heterocycles. The fourth-order valence-corrected chi connectivity index (χ4v) is 4.83. The first-order chi connectivity index (χ1) is 16.8. The van der Waals surface area contributed by atoms with E-state index in [1.165, 1.54) is 40.8 Å². The van der Waals surface area contributed by atoms with Gasteiger partial charge >= 0.3 is 6.03 Å². The second kappa shape index (κ2) is 8.71. The molecule has 11 heteroatoms. The van der Waals surface area contributed by atoms with Crippen molar-refractivity contribution in [3.8, 4) is 0 Å². The van der Waals surface area contributed by atoms with Crippen molar-refractivity contribution < 1.29 is 23.9 Å². The highest BCUT2D eigenvalue weighted by atomic mass is 35.5. The molecule has 2 atom stereocenters. The number of rotatable bonds is 3. The summed E-state index contributed by atoms with van der Waals surface area (Å²) in [5, 5.41) is 18.7. The van der Waals surface area contributed by atoms with Crippen molar-refractivity contribution in [1.29, 1.82) is 0 Å². The first-order valence-corrected chi connectivity index (χ1v) is 11.2. The monoisotopic (exact) mass is 497 g/mol. The summed E-state index contributed by atoms with van der Waals surface area (Å²) in [6.45, 7) is -0.123. The number of benzene rings is 2. The molecular formula is C24H21ClFN5O4. The van der Waals surface area contributed by atoms with Gasteiger partial charge in [-0.3, -0.25) is 14.5 Å². The van der Waals surface area contributed by atoms with Crippen LogP contribution in [0, 0.1) is 5.82 Å². The van der Waals surface area contributed by atoms with Crippen LogP contribution in [0.4, 0.5) is 20.6 Å². The number of aromatic nitrogens is 1. The molecule has 2 aliphatic heterocycles. The van der Waals surface area contributed by atoms with Crippen molar-refractivity contribution in [2.45, 2.75) is 18.7 Å². The Kier molecular flexibility index (Phi) is 5.70. The molecule has 1 aromatic heterocycles. The van der Waals surface area contributed by atoms with Gasteiger partial charge in [0.25, 0.3) is 5.91 Å². The number of hydrogen-bond acceptors (Lipinski definition) is 4. The number of amides is 4. The van der Waals surface area contributed by atoms with Gasteiger partial charge in [-0.05, 0) is 30.3 Å². The van der Waals surface area contributed by atoms with Gasteiger partial charge in [0, 0.05) is 23.2 Å². The molecule has 5 rings (SSSR count). The molecule has 0 radical (unpaired) electrons. The van der Waals surface area contributed by atoms with E-state index in [1.54, 1.807) is 24.3 Å². The number of aliphatic hydroxyl groups excluding tert-OH is 1. The van der Waals surface area contributed by atoms with Crippen molar-refractivity contribution in [2.75, 3.05) is 23.8 Å². The first kappa shape index (κ1) is 22.9. The number of carbonyl (C=O) groups is 3. The van der Waals surface area contributed by atoms with E-state index in [-0.39, 0.29) is 35.1 Å². The predicted molar refractivity (Wildman–Crippen MR) is 127 cm³/mol. The third-order valence-corrected chi connectivity index (χ3v) is 6.52. The van der Waals surface area contributed by atoms with Crippen molar-refractivity contribution in [3.05, 3.63) is 81.9 Å². The average molecular weight is 498 g/mol. The molecule has 180 valence electrons. The zero-order valence-electron chi connectivity index (χ0n) is 18.5. The zero-order valence-corrected chi connectivity index (χ0v) is 19.3. The molecule has 2 aromatic carbocycles. The highest BCUT2D eigenvalue weighted by Crippen LogP contribution is 2.39. The van der Waals surface area contributed by atoms with E-state index >= 15 is 0 Å². The smallest absolute Gasteiger partial charge is 0.326 e. The second-order valence-electron chi connectivity index (χ2n) is 8.28. The summed E-state index contributed by atoms with van der Waals surface area (Å²) in [4.78, 5) is 39.9. The van der Waals surface area contributed by atoms with Gasteiger partial charge in [0.15, 0.2) is 0 Å². The van der Waals surface area contributed by atoms with Crippen LogP contribution in [-0.4, -0.2) is 41.1 Å². The van der Waals surface area contributed by atoms with E-state index in [2.05, 4.69) is 16.0 Å². The molecule has 0 saturated heterocycles. The molecule has 2 aliphatic rings. The molecule has 0 spiro atoms. The fourth-order valence-electron chi connectivity index (χ4n) is 4.60. The van der Waals surface area contributed by atoms with Gasteiger partial charge in [-0.2, -0.15) is 0 Å². The second-order valence-corrected chi connectivity index (χ2v) is 8.68. The van der Waals surface area contributed by atoms with Crippen molar-refractivity contribution in [1.82, 2.24) is 15.2 Å². The summed E-state index contributed by atoms with van der Waals surface area (Å²) in [6.07, 6.45) is -0.834. The van der Waals surface area contributed by atoms with E-state index in [0.29, 0.717) is 16.9 Å². The zero-order chi connectivity index (χ0) is 24.9. The summed E-state index contributed by atoms with van der Waals surface area (Å²) >= 11 is 6.34. The van der Waals surface area contributed by atoms with Crippen LogP contribution in [0.15, 0.2) is 48.5 Å². The number of urea groups is 1. The summed E-state index contributed by atoms with van der Waals surface area (Å²) < 4.78 is 15.6. The first-order valence-electron chi connectivity index (χ1n) is 10.8. The van der Waals surface area contributed by atoms with Crippen LogP contribution in [-0.2, 0) is 11.3 Å². The summed E-state index contributed by atoms with van der Waals surface area (Å²) in [5.74, 6) is -1.42. The number of aliphatic hydroxyl groups is 1. The van der Waals surface area contributed by atoms with Crippen LogP contribution in [0.5, 0.6) is 0 Å². The van der Waals surface area contributed by atoms with E-state index in [9.17, 15) is 23.9 Å². The number of carbonyl (C=O) groups excluding carboxylic acids is 3. The van der Waals surface area contributed by atoms with E-state index in [0.717, 1.165) is 0 Å². The molecule has 4 N–H and O–H groups in total. The minimum Gasteiger partial charge on any atom is -0.386 e. The van der Waals surface area contributed by atoms with Crippen LogP contribution in [0.25, 0.3) is 0 Å². The normalized spacial score (nSPS) is 18.5. The standard InChI is InChI=1S/C24H21ClFN5O4/c1-27-23(34)18-9-16(28-24(35)31-10-19(32)13-4-2-3-5-17(13)31)22-21(29-20(33)11-30(18)22)14-8-12(26)6-7-15(14)25/h2-9,19,21,32H,10-11H2,1H3,(H,27,34)(H,28,35)(H,29,33). The van der Waals surface area contributed by atoms with Crippen molar-refractivity contribution >= 4 is 40.8 Å². The number of nitrogens with one attached hydrogen (secondary N) is 3. The maximum absolute atomic E-state index is 14.1. The predicted octanol–water partition coefficient (Wildman–Crippen LogP) is 2.94. The van der Waals surface area contributed by atoms with Crippen molar-refractivity contribution in [3.63, 3.8) is 0 Å². The minimum absolute atomic E-state index is 0.0550. The maximum atomic E-state index is 14.1. The molecule has 2 unspecified atom stereocenters. The SMILES string of the molecule is CNC(=O)c1cc(NC(=O)N2CC(O)c3ccccc32)c2n1CC(=O)NC2c1cc(F)ccc1Cl. The minimum atomic E-state index is -0.926. The fraction of sp³-hybridized carbons (Fsp3) is 0.208. The number of halogens is 2. The molecule has 3 aromatic rings. The lowest BCUT2D eigenvalue weighted by atomic mass is 10.0. The summed E-state index contributed by atoms with van der Waals surface area (Å²) in [7, 11) is 1.45. The van der Waals surface area contributed by atoms with Gasteiger partial charge in [-0.15, -0.1) is 0 Å². The van der Waals surface area contributed by atoms with Gasteiger partial charge in [-0.25, -0.2) is 9.18 Å². The van der Waals surface area contributed by atoms with Gasteiger partial charge in [0.1, 0.15) is 18.1 Å². The van der Waals surface area contributed by atoms with E-state index in [4.69, 9.17) is 11.6 Å². The van der Waals surface area contributed by atoms with Crippen LogP contribution in [0.1, 0.15) is 39.5 Å². The third-order valence-electron chi connectivity index (χ3n) is 6.18. The van der Waals surface area contributed by atoms with Gasteiger partial charge in [0.2, 0.25) is 5.91 Å². The Bertz CT molecular complexity index is 1370. The van der Waals surface area contributed by atoms with Crippen LogP contribution in [0.2, 0.25) is 5.02 Å². The highest BCUT2D eigenvalue weighted by molar-refractivity contribution is 6.31. The topological polar surface area (TPSA) is 116 Å². The lowest BCUT2D eigenvalue weighted by molar-refractivity contribution is -0.123. The number of β-amino-alcohol motifs (C(OH)–C–C–N with tert-alkyl or cyclic N) is 1. The number of para-hydroxylation sites is 1. The lowest BCUT2D eigenvalue weighted by Crippen LogP contribution is -2.41. The number of hydrogen-bond donors (Lipinski definition) is 4. The summed E-state index contributed by atoms with van der Waals surface area (Å²) in [5.41, 5.74) is 2.24. The Hall–Kier alpha value is -3.89. The molecule has 0 bridgehead atoms. The van der Waals surface area contributed by atoms with Gasteiger partial charge in [-0.1, -0.05) is 29.8 Å². The maximum Gasteiger partial charge on any atom is 0.326 e. The Morgan fingerprint density at radius 3 is 2.71 bits per heavy atom. The Balaban J connectivity index is 1.60. The largest absolute Gasteiger partial charge is 0.386 e. The Morgan fingerprint density at radius 2 is 1.94 bits per heavy atom. The molecule has 35 heavy (non-hydrogen) atoms. The number of nitrogens with zero attached hydrogens (tertiary/aromatic N) is 2. The third kappa shape index (κ3) is 3.90. The Morgan fingerprint density at radius 1 is 1.17 bits per heavy atom. The highest BCUT2D eigenvalue weighted by Gasteiger charge is 2.36. The number of fused-ring (bicyclic) bond motifs is 2. The molecule has 4 amide bonds. The molecular weight excluding hydrogens is 477 g/mol. The quantitative estimate of drug-likeness (QED) is 0.445. The molecule has 0 aliphatic carbocycles. The number of anilines is 2. The van der Waals surface area contributed by atoms with Crippen LogP contribution >= 0.6 is 11.6 Å². The van der Waals surface area contributed by atoms with Gasteiger partial charge in [0.05, 0.1) is 35.8 Å². The average Bonchev–Trinajstić information content (AvgIpc) is 3.37. The van der Waals surface area contributed by atoms with Crippen LogP contribution in [0.3, 0.4) is 0 Å². The molecule has 9 nitrogen and oxygen atoms in total. The van der Waals surface area contributed by atoms with Crippen molar-refractivity contribution in [2.24, 2.45) is 0 Å². The summed E-state index contributed by atoms with van der Waals surface area (Å²) in [6, 6.07) is 10.8. The lowest BCUT2D eigenvalue weighted by Gasteiger charge is -2.29.